The van der Waals surface area contributed by atoms with E-state index >= 15 is 0 Å². The molecular formula is C13H11ClF2O. The minimum absolute atomic E-state index is 0.429. The molecule has 2 aromatic carbocycles. The fraction of sp³-hybridized carbons (Fsp3) is 0.231. The normalized spacial score (nSPS) is 13.0. The predicted molar refractivity (Wildman–Crippen MR) is 65.1 cm³/mol. The lowest BCUT2D eigenvalue weighted by Gasteiger charge is -2.14. The van der Waals surface area contributed by atoms with Crippen molar-refractivity contribution in [1.82, 2.24) is 0 Å². The summed E-state index contributed by atoms with van der Waals surface area (Å²) in [4.78, 5) is 0. The summed E-state index contributed by atoms with van der Waals surface area (Å²) in [7, 11) is 1.55. The Kier molecular flexibility index (Phi) is 3.48. The highest BCUT2D eigenvalue weighted by Gasteiger charge is 2.22. The van der Waals surface area contributed by atoms with Gasteiger partial charge in [-0.2, -0.15) is 0 Å². The van der Waals surface area contributed by atoms with Gasteiger partial charge in [-0.25, -0.2) is 8.78 Å². The fourth-order valence-electron chi connectivity index (χ4n) is 1.85. The first kappa shape index (κ1) is 12.1. The van der Waals surface area contributed by atoms with Crippen molar-refractivity contribution in [2.75, 3.05) is 7.11 Å². The molecule has 4 heteroatoms. The topological polar surface area (TPSA) is 9.23 Å². The van der Waals surface area contributed by atoms with Crippen LogP contribution in [0.2, 0.25) is 0 Å². The summed E-state index contributed by atoms with van der Waals surface area (Å²) in [5, 5.41) is 0.191. The minimum Gasteiger partial charge on any atom is -0.496 e. The van der Waals surface area contributed by atoms with Crippen LogP contribution in [0.1, 0.15) is 10.9 Å². The summed E-state index contributed by atoms with van der Waals surface area (Å²) >= 11 is 5.72. The number of ether oxygens (including phenoxy) is 1. The molecule has 90 valence electrons. The zero-order chi connectivity index (χ0) is 12.4. The van der Waals surface area contributed by atoms with Crippen molar-refractivity contribution in [3.63, 3.8) is 0 Å². The molecule has 0 radical (unpaired) electrons. The minimum atomic E-state index is -2.59. The molecule has 0 bridgehead atoms. The van der Waals surface area contributed by atoms with Crippen LogP contribution in [0.5, 0.6) is 5.75 Å². The predicted octanol–water partition coefficient (Wildman–Crippen LogP) is 4.39. The van der Waals surface area contributed by atoms with Gasteiger partial charge in [0.2, 0.25) is 0 Å². The summed E-state index contributed by atoms with van der Waals surface area (Å²) in [6.45, 7) is 0. The molecule has 0 saturated heterocycles. The fourth-order valence-corrected chi connectivity index (χ4v) is 2.04. The van der Waals surface area contributed by atoms with Gasteiger partial charge in [0, 0.05) is 5.39 Å². The van der Waals surface area contributed by atoms with Crippen molar-refractivity contribution in [1.29, 1.82) is 0 Å². The van der Waals surface area contributed by atoms with Crippen LogP contribution in [0.3, 0.4) is 0 Å². The third-order valence-corrected chi connectivity index (χ3v) is 3.08. The van der Waals surface area contributed by atoms with E-state index in [9.17, 15) is 8.78 Å². The highest BCUT2D eigenvalue weighted by molar-refractivity contribution is 6.22. The third-order valence-electron chi connectivity index (χ3n) is 2.66. The summed E-state index contributed by atoms with van der Waals surface area (Å²) in [6, 6.07) is 10.5. The number of halogens is 3. The van der Waals surface area contributed by atoms with Gasteiger partial charge < -0.3 is 4.74 Å². The molecule has 1 unspecified atom stereocenters. The molecule has 0 saturated carbocycles. The SMILES string of the molecule is COc1ccc(C(Cl)C(F)F)c2ccccc12. The number of rotatable bonds is 3. The van der Waals surface area contributed by atoms with Crippen LogP contribution < -0.4 is 4.74 Å². The maximum Gasteiger partial charge on any atom is 0.258 e. The highest BCUT2D eigenvalue weighted by atomic mass is 35.5. The molecule has 1 nitrogen and oxygen atoms in total. The largest absolute Gasteiger partial charge is 0.496 e. The second kappa shape index (κ2) is 4.88. The van der Waals surface area contributed by atoms with Gasteiger partial charge in [0.25, 0.3) is 6.43 Å². The van der Waals surface area contributed by atoms with Crippen LogP contribution in [0, 0.1) is 0 Å². The first-order valence-corrected chi connectivity index (χ1v) is 5.56. The van der Waals surface area contributed by atoms with Gasteiger partial charge in [-0.15, -0.1) is 11.6 Å². The van der Waals surface area contributed by atoms with Gasteiger partial charge in [-0.1, -0.05) is 30.3 Å². The lowest BCUT2D eigenvalue weighted by Crippen LogP contribution is -2.03. The Labute approximate surface area is 103 Å². The second-order valence-electron chi connectivity index (χ2n) is 3.64. The smallest absolute Gasteiger partial charge is 0.258 e. The van der Waals surface area contributed by atoms with Crippen molar-refractivity contribution in [3.05, 3.63) is 42.0 Å². The maximum atomic E-state index is 12.7. The van der Waals surface area contributed by atoms with E-state index in [2.05, 4.69) is 0 Å². The average Bonchev–Trinajstić information content (AvgIpc) is 2.36. The van der Waals surface area contributed by atoms with Crippen molar-refractivity contribution < 1.29 is 13.5 Å². The highest BCUT2D eigenvalue weighted by Crippen LogP contribution is 2.36. The zero-order valence-electron chi connectivity index (χ0n) is 9.16. The molecule has 0 aliphatic carbocycles. The summed E-state index contributed by atoms with van der Waals surface area (Å²) in [5.74, 6) is 0.655. The molecule has 0 aromatic heterocycles. The number of benzene rings is 2. The van der Waals surface area contributed by atoms with Crippen molar-refractivity contribution in [2.45, 2.75) is 11.8 Å². The van der Waals surface area contributed by atoms with Crippen LogP contribution in [0.15, 0.2) is 36.4 Å². The maximum absolute atomic E-state index is 12.7. The molecule has 0 aliphatic heterocycles. The van der Waals surface area contributed by atoms with Crippen molar-refractivity contribution in [3.8, 4) is 5.75 Å². The first-order valence-electron chi connectivity index (χ1n) is 5.13. The van der Waals surface area contributed by atoms with E-state index in [1.807, 2.05) is 12.1 Å². The molecule has 0 N–H and O–H groups in total. The third kappa shape index (κ3) is 2.20. The quantitative estimate of drug-likeness (QED) is 0.740. The van der Waals surface area contributed by atoms with Crippen LogP contribution in [-0.4, -0.2) is 13.5 Å². The number of hydrogen-bond donors (Lipinski definition) is 0. The Bertz CT molecular complexity index is 528. The summed E-state index contributed by atoms with van der Waals surface area (Å²) in [6.07, 6.45) is -2.59. The molecule has 0 aliphatic rings. The Morgan fingerprint density at radius 3 is 2.29 bits per heavy atom. The lowest BCUT2D eigenvalue weighted by molar-refractivity contribution is 0.143. The Morgan fingerprint density at radius 2 is 1.71 bits per heavy atom. The van der Waals surface area contributed by atoms with Crippen LogP contribution in [-0.2, 0) is 0 Å². The number of fused-ring (bicyclic) bond motifs is 1. The molecule has 1 atom stereocenters. The first-order chi connectivity index (χ1) is 8.15. The lowest BCUT2D eigenvalue weighted by atomic mass is 10.0. The van der Waals surface area contributed by atoms with Crippen molar-refractivity contribution >= 4 is 22.4 Å². The van der Waals surface area contributed by atoms with E-state index in [-0.39, 0.29) is 0 Å². The molecule has 0 heterocycles. The zero-order valence-corrected chi connectivity index (χ0v) is 9.92. The van der Waals surface area contributed by atoms with E-state index in [0.717, 1.165) is 5.39 Å². The van der Waals surface area contributed by atoms with E-state index in [1.165, 1.54) is 0 Å². The van der Waals surface area contributed by atoms with Crippen LogP contribution >= 0.6 is 11.6 Å². The van der Waals surface area contributed by atoms with Gasteiger partial charge >= 0.3 is 0 Å². The number of methoxy groups -OCH3 is 1. The van der Waals surface area contributed by atoms with E-state index in [1.54, 1.807) is 31.4 Å². The van der Waals surface area contributed by atoms with E-state index in [0.29, 0.717) is 16.7 Å². The Hall–Kier alpha value is -1.35. The standard InChI is InChI=1S/C13H11ClF2O/c1-17-11-7-6-10(12(14)13(15)16)8-4-2-3-5-9(8)11/h2-7,12-13H,1H3. The Balaban J connectivity index is 2.66. The monoisotopic (exact) mass is 256 g/mol. The molecule has 2 rings (SSSR count). The van der Waals surface area contributed by atoms with Gasteiger partial charge in [0.05, 0.1) is 7.11 Å². The number of hydrogen-bond acceptors (Lipinski definition) is 1. The van der Waals surface area contributed by atoms with Crippen molar-refractivity contribution in [2.24, 2.45) is 0 Å². The average molecular weight is 257 g/mol. The Morgan fingerprint density at radius 1 is 1.06 bits per heavy atom. The summed E-state index contributed by atoms with van der Waals surface area (Å²) in [5.41, 5.74) is 0.429. The van der Waals surface area contributed by atoms with E-state index < -0.39 is 11.8 Å². The molecule has 2 aromatic rings. The molecule has 0 spiro atoms. The van der Waals surface area contributed by atoms with Gasteiger partial charge in [0.1, 0.15) is 11.1 Å². The summed E-state index contributed by atoms with van der Waals surface area (Å²) < 4.78 is 30.5. The van der Waals surface area contributed by atoms with Gasteiger partial charge in [-0.3, -0.25) is 0 Å². The van der Waals surface area contributed by atoms with Gasteiger partial charge in [-0.05, 0) is 17.0 Å². The van der Waals surface area contributed by atoms with Gasteiger partial charge in [0.15, 0.2) is 0 Å². The second-order valence-corrected chi connectivity index (χ2v) is 4.11. The van der Waals surface area contributed by atoms with Crippen LogP contribution in [0.4, 0.5) is 8.78 Å². The molecule has 17 heavy (non-hydrogen) atoms. The van der Waals surface area contributed by atoms with Crippen LogP contribution in [0.25, 0.3) is 10.8 Å². The molecule has 0 fully saturated rings. The molecular weight excluding hydrogens is 246 g/mol. The van der Waals surface area contributed by atoms with E-state index in [4.69, 9.17) is 16.3 Å². The molecule has 0 amide bonds. The number of alkyl halides is 3.